The fourth-order valence-electron chi connectivity index (χ4n) is 2.37. The van der Waals surface area contributed by atoms with Crippen LogP contribution in [0.3, 0.4) is 0 Å². The average molecular weight is 402 g/mol. The molecule has 2 heterocycles. The number of thiazole rings is 1. The molecule has 0 aliphatic rings. The number of nitrogens with one attached hydrogen (secondary N) is 1. The SMILES string of the molecule is COc1ccc(OC)c(-c2csc(NC(=O)COC(=O)c3ccc(C)o3)n2)c1. The third-order valence-corrected chi connectivity index (χ3v) is 4.47. The molecular weight excluding hydrogens is 384 g/mol. The number of carbonyl (C=O) groups is 2. The van der Waals surface area contributed by atoms with Crippen molar-refractivity contribution in [3.63, 3.8) is 0 Å². The number of nitrogens with zero attached hydrogens (tertiary/aromatic N) is 1. The lowest BCUT2D eigenvalue weighted by Crippen LogP contribution is -2.20. The van der Waals surface area contributed by atoms with Gasteiger partial charge in [0.15, 0.2) is 11.7 Å². The lowest BCUT2D eigenvalue weighted by molar-refractivity contribution is -0.119. The Morgan fingerprint density at radius 1 is 1.18 bits per heavy atom. The summed E-state index contributed by atoms with van der Waals surface area (Å²) >= 11 is 1.24. The van der Waals surface area contributed by atoms with E-state index in [0.29, 0.717) is 28.1 Å². The third-order valence-electron chi connectivity index (χ3n) is 3.71. The Morgan fingerprint density at radius 2 is 2.00 bits per heavy atom. The van der Waals surface area contributed by atoms with Crippen LogP contribution >= 0.6 is 11.3 Å². The summed E-state index contributed by atoms with van der Waals surface area (Å²) in [7, 11) is 3.14. The molecule has 2 aromatic heterocycles. The lowest BCUT2D eigenvalue weighted by Gasteiger charge is -2.08. The van der Waals surface area contributed by atoms with Crippen LogP contribution in [0.1, 0.15) is 16.3 Å². The zero-order valence-corrected chi connectivity index (χ0v) is 16.3. The van der Waals surface area contributed by atoms with Crippen molar-refractivity contribution >= 4 is 28.3 Å². The van der Waals surface area contributed by atoms with E-state index in [0.717, 1.165) is 5.56 Å². The van der Waals surface area contributed by atoms with Crippen LogP contribution in [0.4, 0.5) is 5.13 Å². The minimum atomic E-state index is -0.704. The lowest BCUT2D eigenvalue weighted by atomic mass is 10.1. The number of aryl methyl sites for hydroxylation is 1. The molecule has 0 aliphatic carbocycles. The van der Waals surface area contributed by atoms with Gasteiger partial charge in [-0.3, -0.25) is 10.1 Å². The molecule has 3 aromatic rings. The highest BCUT2D eigenvalue weighted by molar-refractivity contribution is 7.14. The van der Waals surface area contributed by atoms with Crippen molar-refractivity contribution in [2.24, 2.45) is 0 Å². The van der Waals surface area contributed by atoms with Crippen LogP contribution in [0.2, 0.25) is 0 Å². The molecule has 1 N–H and O–H groups in total. The van der Waals surface area contributed by atoms with Crippen LogP contribution in [0, 0.1) is 6.92 Å². The Labute approximate surface area is 165 Å². The zero-order valence-electron chi connectivity index (χ0n) is 15.5. The Kier molecular flexibility index (Phi) is 5.95. The number of benzene rings is 1. The number of aromatic nitrogens is 1. The van der Waals surface area contributed by atoms with Crippen molar-refractivity contribution in [2.75, 3.05) is 26.1 Å². The maximum atomic E-state index is 12.0. The molecule has 8 nitrogen and oxygen atoms in total. The molecule has 146 valence electrons. The molecular formula is C19H18N2O6S. The Balaban J connectivity index is 1.63. The molecule has 0 spiro atoms. The van der Waals surface area contributed by atoms with Gasteiger partial charge >= 0.3 is 5.97 Å². The number of methoxy groups -OCH3 is 2. The Bertz CT molecular complexity index is 994. The second kappa shape index (κ2) is 8.57. The van der Waals surface area contributed by atoms with Crippen LogP contribution < -0.4 is 14.8 Å². The summed E-state index contributed by atoms with van der Waals surface area (Å²) < 4.78 is 20.7. The van der Waals surface area contributed by atoms with E-state index in [4.69, 9.17) is 18.6 Å². The van der Waals surface area contributed by atoms with Gasteiger partial charge in [0.2, 0.25) is 5.76 Å². The average Bonchev–Trinajstić information content (AvgIpc) is 3.34. The van der Waals surface area contributed by atoms with E-state index in [1.165, 1.54) is 17.4 Å². The maximum absolute atomic E-state index is 12.0. The minimum Gasteiger partial charge on any atom is -0.497 e. The van der Waals surface area contributed by atoms with Crippen LogP contribution in [0.25, 0.3) is 11.3 Å². The van der Waals surface area contributed by atoms with Gasteiger partial charge in [-0.2, -0.15) is 0 Å². The second-order valence-corrected chi connectivity index (χ2v) is 6.50. The summed E-state index contributed by atoms with van der Waals surface area (Å²) in [6, 6.07) is 8.49. The van der Waals surface area contributed by atoms with Gasteiger partial charge in [0.1, 0.15) is 17.3 Å². The molecule has 9 heteroatoms. The highest BCUT2D eigenvalue weighted by Gasteiger charge is 2.16. The molecule has 3 rings (SSSR count). The predicted molar refractivity (Wildman–Crippen MR) is 103 cm³/mol. The predicted octanol–water partition coefficient (Wildman–Crippen LogP) is 3.52. The molecule has 1 amide bonds. The number of rotatable bonds is 7. The van der Waals surface area contributed by atoms with Gasteiger partial charge in [-0.05, 0) is 37.3 Å². The number of hydrogen-bond acceptors (Lipinski definition) is 8. The van der Waals surface area contributed by atoms with Crippen LogP contribution in [0.15, 0.2) is 40.1 Å². The van der Waals surface area contributed by atoms with Gasteiger partial charge < -0.3 is 18.6 Å². The van der Waals surface area contributed by atoms with Gasteiger partial charge in [-0.1, -0.05) is 0 Å². The standard InChI is InChI=1S/C19H18N2O6S/c1-11-4-6-16(27-11)18(23)26-9-17(22)21-19-20-14(10-28-19)13-8-12(24-2)5-7-15(13)25-3/h4-8,10H,9H2,1-3H3,(H,20,21,22). The van der Waals surface area contributed by atoms with Crippen LogP contribution in [-0.4, -0.2) is 37.7 Å². The summed E-state index contributed by atoms with van der Waals surface area (Å²) in [5.74, 6) is 0.715. The van der Waals surface area contributed by atoms with E-state index < -0.39 is 18.5 Å². The summed E-state index contributed by atoms with van der Waals surface area (Å²) in [6.45, 7) is 1.26. The van der Waals surface area contributed by atoms with Crippen molar-refractivity contribution in [3.05, 3.63) is 47.2 Å². The van der Waals surface area contributed by atoms with Crippen molar-refractivity contribution < 1.29 is 28.2 Å². The minimum absolute atomic E-state index is 0.0481. The molecule has 1 aromatic carbocycles. The van der Waals surface area contributed by atoms with Crippen molar-refractivity contribution in [1.82, 2.24) is 4.98 Å². The van der Waals surface area contributed by atoms with E-state index in [-0.39, 0.29) is 5.76 Å². The fourth-order valence-corrected chi connectivity index (χ4v) is 3.10. The number of anilines is 1. The quantitative estimate of drug-likeness (QED) is 0.604. The first kappa shape index (κ1) is 19.4. The molecule has 0 atom stereocenters. The topological polar surface area (TPSA) is 99.9 Å². The highest BCUT2D eigenvalue weighted by Crippen LogP contribution is 2.34. The van der Waals surface area contributed by atoms with Crippen LogP contribution in [0.5, 0.6) is 11.5 Å². The van der Waals surface area contributed by atoms with Gasteiger partial charge in [0.05, 0.1) is 19.9 Å². The molecule has 0 saturated heterocycles. The van der Waals surface area contributed by atoms with Gasteiger partial charge in [0, 0.05) is 10.9 Å². The molecule has 28 heavy (non-hydrogen) atoms. The van der Waals surface area contributed by atoms with Gasteiger partial charge in [0.25, 0.3) is 5.91 Å². The molecule has 0 aliphatic heterocycles. The van der Waals surface area contributed by atoms with E-state index in [1.807, 2.05) is 0 Å². The molecule has 0 radical (unpaired) electrons. The smallest absolute Gasteiger partial charge is 0.374 e. The van der Waals surface area contributed by atoms with Gasteiger partial charge in [-0.15, -0.1) is 11.3 Å². The molecule has 0 saturated carbocycles. The number of carbonyl (C=O) groups excluding carboxylic acids is 2. The fraction of sp³-hybridized carbons (Fsp3) is 0.211. The Hall–Kier alpha value is -3.33. The molecule has 0 fully saturated rings. The first-order valence-corrected chi connectivity index (χ1v) is 9.09. The maximum Gasteiger partial charge on any atom is 0.374 e. The summed E-state index contributed by atoms with van der Waals surface area (Å²) in [5.41, 5.74) is 1.36. The molecule has 0 unspecified atom stereocenters. The summed E-state index contributed by atoms with van der Waals surface area (Å²) in [4.78, 5) is 28.2. The van der Waals surface area contributed by atoms with Gasteiger partial charge in [-0.25, -0.2) is 9.78 Å². The van der Waals surface area contributed by atoms with E-state index in [1.54, 1.807) is 50.8 Å². The monoisotopic (exact) mass is 402 g/mol. The van der Waals surface area contributed by atoms with E-state index >= 15 is 0 Å². The van der Waals surface area contributed by atoms with Crippen molar-refractivity contribution in [1.29, 1.82) is 0 Å². The van der Waals surface area contributed by atoms with Crippen molar-refractivity contribution in [3.8, 4) is 22.8 Å². The molecule has 0 bridgehead atoms. The van der Waals surface area contributed by atoms with Crippen molar-refractivity contribution in [2.45, 2.75) is 6.92 Å². The van der Waals surface area contributed by atoms with Crippen LogP contribution in [-0.2, 0) is 9.53 Å². The van der Waals surface area contributed by atoms with E-state index in [2.05, 4.69) is 10.3 Å². The van der Waals surface area contributed by atoms with E-state index in [9.17, 15) is 9.59 Å². The zero-order chi connectivity index (χ0) is 20.1. The number of ether oxygens (including phenoxy) is 3. The third kappa shape index (κ3) is 4.49. The second-order valence-electron chi connectivity index (χ2n) is 5.64. The number of hydrogen-bond donors (Lipinski definition) is 1. The number of esters is 1. The highest BCUT2D eigenvalue weighted by atomic mass is 32.1. The summed E-state index contributed by atoms with van der Waals surface area (Å²) in [6.07, 6.45) is 0. The normalized spacial score (nSPS) is 10.4. The first-order valence-electron chi connectivity index (χ1n) is 8.21. The number of furan rings is 1. The Morgan fingerprint density at radius 3 is 2.68 bits per heavy atom. The summed E-state index contributed by atoms with van der Waals surface area (Å²) in [5, 5.41) is 4.75. The first-order chi connectivity index (χ1) is 13.5. The number of amides is 1. The largest absolute Gasteiger partial charge is 0.497 e.